The fourth-order valence-electron chi connectivity index (χ4n) is 4.73. The number of morpholine rings is 1. The van der Waals surface area contributed by atoms with Crippen LogP contribution in [0.25, 0.3) is 17.1 Å². The number of methoxy groups -OCH3 is 1. The average Bonchev–Trinajstić information content (AvgIpc) is 3.36. The summed E-state index contributed by atoms with van der Waals surface area (Å²) in [6.45, 7) is 5.59. The van der Waals surface area contributed by atoms with Gasteiger partial charge in [-0.2, -0.15) is 0 Å². The van der Waals surface area contributed by atoms with Gasteiger partial charge in [-0.15, -0.1) is 0 Å². The van der Waals surface area contributed by atoms with Crippen LogP contribution in [0.1, 0.15) is 35.6 Å². The minimum Gasteiger partial charge on any atom is -0.504 e. The van der Waals surface area contributed by atoms with Gasteiger partial charge >= 0.3 is 0 Å². The summed E-state index contributed by atoms with van der Waals surface area (Å²) in [4.78, 5) is 20.5. The second-order valence-corrected chi connectivity index (χ2v) is 9.11. The Morgan fingerprint density at radius 1 is 1.28 bits per heavy atom. The fourth-order valence-corrected chi connectivity index (χ4v) is 4.73. The van der Waals surface area contributed by atoms with Crippen LogP contribution in [0, 0.1) is 0 Å². The van der Waals surface area contributed by atoms with Crippen LogP contribution >= 0.6 is 0 Å². The first kappa shape index (κ1) is 20.6. The highest BCUT2D eigenvalue weighted by Gasteiger charge is 2.38. The van der Waals surface area contributed by atoms with Gasteiger partial charge in [-0.05, 0) is 44.4 Å². The number of imidazole rings is 1. The van der Waals surface area contributed by atoms with Gasteiger partial charge in [0.1, 0.15) is 5.82 Å². The van der Waals surface area contributed by atoms with Crippen LogP contribution in [0.2, 0.25) is 0 Å². The SMILES string of the molecule is COc1cc2c(cc1O)-n1c(-c3ccn(C)c3)nc(C(=O)N3CCOCC3(C)C)c1CC2. The summed E-state index contributed by atoms with van der Waals surface area (Å²) in [5.41, 5.74) is 3.73. The average molecular weight is 437 g/mol. The van der Waals surface area contributed by atoms with E-state index < -0.39 is 5.54 Å². The second kappa shape index (κ2) is 7.41. The van der Waals surface area contributed by atoms with Gasteiger partial charge in [0.05, 0.1) is 37.2 Å². The van der Waals surface area contributed by atoms with Gasteiger partial charge < -0.3 is 24.0 Å². The molecule has 2 aliphatic heterocycles. The maximum atomic E-state index is 13.7. The second-order valence-electron chi connectivity index (χ2n) is 9.11. The molecule has 1 aromatic carbocycles. The molecule has 0 atom stereocenters. The third-order valence-corrected chi connectivity index (χ3v) is 6.41. The number of phenols is 1. The molecule has 168 valence electrons. The number of aromatic nitrogens is 3. The molecule has 2 aromatic heterocycles. The van der Waals surface area contributed by atoms with Gasteiger partial charge in [0.15, 0.2) is 17.2 Å². The summed E-state index contributed by atoms with van der Waals surface area (Å²) < 4.78 is 14.9. The van der Waals surface area contributed by atoms with Crippen molar-refractivity contribution in [1.82, 2.24) is 19.0 Å². The van der Waals surface area contributed by atoms with Crippen LogP contribution < -0.4 is 4.74 Å². The largest absolute Gasteiger partial charge is 0.504 e. The van der Waals surface area contributed by atoms with E-state index in [9.17, 15) is 9.90 Å². The van der Waals surface area contributed by atoms with Gasteiger partial charge in [-0.3, -0.25) is 9.36 Å². The van der Waals surface area contributed by atoms with Crippen LogP contribution in [0.3, 0.4) is 0 Å². The number of amides is 1. The number of hydrogen-bond donors (Lipinski definition) is 1. The monoisotopic (exact) mass is 436 g/mol. The minimum atomic E-state index is -0.406. The van der Waals surface area contributed by atoms with Crippen LogP contribution in [0.5, 0.6) is 11.5 Å². The summed E-state index contributed by atoms with van der Waals surface area (Å²) in [5.74, 6) is 1.12. The minimum absolute atomic E-state index is 0.0639. The van der Waals surface area contributed by atoms with E-state index in [2.05, 4.69) is 0 Å². The van der Waals surface area contributed by atoms with Crippen molar-refractivity contribution in [3.63, 3.8) is 0 Å². The number of rotatable bonds is 3. The maximum Gasteiger partial charge on any atom is 0.274 e. The number of aromatic hydroxyl groups is 1. The smallest absolute Gasteiger partial charge is 0.274 e. The summed E-state index contributed by atoms with van der Waals surface area (Å²) >= 11 is 0. The number of carbonyl (C=O) groups is 1. The zero-order chi connectivity index (χ0) is 22.6. The zero-order valence-corrected chi connectivity index (χ0v) is 18.9. The summed E-state index contributed by atoms with van der Waals surface area (Å²) in [6, 6.07) is 5.56. The molecule has 0 unspecified atom stereocenters. The normalized spacial score (nSPS) is 17.1. The van der Waals surface area contributed by atoms with Crippen molar-refractivity contribution < 1.29 is 19.4 Å². The summed E-state index contributed by atoms with van der Waals surface area (Å²) in [6.07, 6.45) is 5.35. The Bertz CT molecular complexity index is 1210. The molecule has 0 spiro atoms. The first-order valence-corrected chi connectivity index (χ1v) is 10.8. The number of hydrogen-bond acceptors (Lipinski definition) is 5. The number of ether oxygens (including phenoxy) is 2. The lowest BCUT2D eigenvalue weighted by molar-refractivity contribution is -0.0373. The highest BCUT2D eigenvalue weighted by atomic mass is 16.5. The molecule has 1 amide bonds. The molecule has 0 saturated carbocycles. The van der Waals surface area contributed by atoms with E-state index in [4.69, 9.17) is 14.5 Å². The molecule has 32 heavy (non-hydrogen) atoms. The Hall–Kier alpha value is -3.26. The van der Waals surface area contributed by atoms with E-state index in [1.54, 1.807) is 13.2 Å². The number of benzene rings is 1. The van der Waals surface area contributed by atoms with Crippen molar-refractivity contribution in [2.75, 3.05) is 26.9 Å². The molecule has 3 aromatic rings. The zero-order valence-electron chi connectivity index (χ0n) is 18.9. The van der Waals surface area contributed by atoms with E-state index >= 15 is 0 Å². The predicted molar refractivity (Wildman–Crippen MR) is 120 cm³/mol. The Kier molecular flexibility index (Phi) is 4.78. The Balaban J connectivity index is 1.70. The third-order valence-electron chi connectivity index (χ3n) is 6.41. The van der Waals surface area contributed by atoms with E-state index in [-0.39, 0.29) is 11.7 Å². The van der Waals surface area contributed by atoms with E-state index in [0.29, 0.717) is 43.4 Å². The predicted octanol–water partition coefficient (Wildman–Crippen LogP) is 2.94. The standard InChI is InChI=1S/C24H28N4O4/c1-24(2)14-32-10-9-27(24)23(30)21-17-6-5-15-11-20(31-4)19(29)12-18(15)28(17)22(25-21)16-7-8-26(3)13-16/h7-8,11-13,29H,5-6,9-10,14H2,1-4H3. The first-order valence-electron chi connectivity index (χ1n) is 10.8. The van der Waals surface area contributed by atoms with Crippen molar-refractivity contribution in [1.29, 1.82) is 0 Å². The van der Waals surface area contributed by atoms with Gasteiger partial charge in [0.2, 0.25) is 0 Å². The van der Waals surface area contributed by atoms with Gasteiger partial charge in [-0.1, -0.05) is 0 Å². The van der Waals surface area contributed by atoms with E-state index in [0.717, 1.165) is 28.9 Å². The molecule has 4 heterocycles. The lowest BCUT2D eigenvalue weighted by Gasteiger charge is -2.41. The van der Waals surface area contributed by atoms with Crippen LogP contribution in [0.15, 0.2) is 30.6 Å². The number of nitrogens with zero attached hydrogens (tertiary/aromatic N) is 4. The van der Waals surface area contributed by atoms with Crippen LogP contribution in [-0.2, 0) is 24.6 Å². The van der Waals surface area contributed by atoms with E-state index in [1.165, 1.54) is 0 Å². The molecule has 0 radical (unpaired) electrons. The van der Waals surface area contributed by atoms with Crippen LogP contribution in [-0.4, -0.2) is 62.4 Å². The van der Waals surface area contributed by atoms with Gasteiger partial charge in [-0.25, -0.2) is 4.98 Å². The number of carbonyl (C=O) groups excluding carboxylic acids is 1. The van der Waals surface area contributed by atoms with Crippen molar-refractivity contribution in [3.05, 3.63) is 47.5 Å². The summed E-state index contributed by atoms with van der Waals surface area (Å²) in [7, 11) is 3.50. The molecule has 1 saturated heterocycles. The Labute approximate surface area is 187 Å². The highest BCUT2D eigenvalue weighted by Crippen LogP contribution is 2.39. The van der Waals surface area contributed by atoms with Crippen molar-refractivity contribution in [3.8, 4) is 28.6 Å². The van der Waals surface area contributed by atoms with Crippen molar-refractivity contribution in [2.24, 2.45) is 7.05 Å². The topological polar surface area (TPSA) is 81.8 Å². The van der Waals surface area contributed by atoms with E-state index in [1.807, 2.05) is 59.5 Å². The van der Waals surface area contributed by atoms with Crippen LogP contribution in [0.4, 0.5) is 0 Å². The highest BCUT2D eigenvalue weighted by molar-refractivity contribution is 5.95. The number of fused-ring (bicyclic) bond motifs is 3. The Morgan fingerprint density at radius 2 is 2.09 bits per heavy atom. The molecular weight excluding hydrogens is 408 g/mol. The molecule has 0 aliphatic carbocycles. The lowest BCUT2D eigenvalue weighted by Crippen LogP contribution is -2.55. The molecule has 8 heteroatoms. The summed E-state index contributed by atoms with van der Waals surface area (Å²) in [5, 5.41) is 10.5. The number of phenolic OH excluding ortho intramolecular Hbond substituents is 1. The molecule has 1 fully saturated rings. The Morgan fingerprint density at radius 3 is 2.78 bits per heavy atom. The van der Waals surface area contributed by atoms with Crippen molar-refractivity contribution >= 4 is 5.91 Å². The molecule has 1 N–H and O–H groups in total. The fraction of sp³-hybridized carbons (Fsp3) is 0.417. The molecule has 0 bridgehead atoms. The third kappa shape index (κ3) is 3.17. The first-order chi connectivity index (χ1) is 15.3. The van der Waals surface area contributed by atoms with Crippen molar-refractivity contribution in [2.45, 2.75) is 32.2 Å². The number of aryl methyl sites for hydroxylation is 2. The lowest BCUT2D eigenvalue weighted by atomic mass is 9.98. The quantitative estimate of drug-likeness (QED) is 0.683. The van der Waals surface area contributed by atoms with Gasteiger partial charge in [0.25, 0.3) is 5.91 Å². The molecular formula is C24H28N4O4. The maximum absolute atomic E-state index is 13.7. The molecule has 8 nitrogen and oxygen atoms in total. The molecule has 2 aliphatic rings. The van der Waals surface area contributed by atoms with Gasteiger partial charge in [0, 0.05) is 37.6 Å². The molecule has 5 rings (SSSR count).